The molecule has 3 atom stereocenters. The Hall–Kier alpha value is -1.94. The summed E-state index contributed by atoms with van der Waals surface area (Å²) in [5, 5.41) is 0.709. The van der Waals surface area contributed by atoms with Gasteiger partial charge in [0.05, 0.1) is 11.3 Å². The SMILES string of the molecule is C[C@H]1C[C@H](C)CN(c2ncc3c(n2)C[C@H](c2cccc(Cl)c2)CC3=O)C1. The number of carbonyl (C=O) groups is 1. The number of benzene rings is 1. The predicted molar refractivity (Wildman–Crippen MR) is 104 cm³/mol. The summed E-state index contributed by atoms with van der Waals surface area (Å²) in [7, 11) is 0. The molecule has 2 aromatic rings. The maximum Gasteiger partial charge on any atom is 0.225 e. The van der Waals surface area contributed by atoms with Gasteiger partial charge in [0.15, 0.2) is 5.78 Å². The monoisotopic (exact) mass is 369 g/mol. The Morgan fingerprint density at radius 3 is 2.65 bits per heavy atom. The van der Waals surface area contributed by atoms with Crippen LogP contribution in [0.15, 0.2) is 30.5 Å². The lowest BCUT2D eigenvalue weighted by Gasteiger charge is -2.35. The minimum Gasteiger partial charge on any atom is -0.340 e. The fraction of sp³-hybridized carbons (Fsp3) is 0.476. The van der Waals surface area contributed by atoms with E-state index < -0.39 is 0 Å². The van der Waals surface area contributed by atoms with Crippen LogP contribution in [0.25, 0.3) is 0 Å². The molecular formula is C21H24ClN3O. The lowest BCUT2D eigenvalue weighted by atomic mass is 9.82. The largest absolute Gasteiger partial charge is 0.340 e. The third-order valence-electron chi connectivity index (χ3n) is 5.50. The second kappa shape index (κ2) is 6.99. The number of halogens is 1. The van der Waals surface area contributed by atoms with E-state index in [-0.39, 0.29) is 11.7 Å². The van der Waals surface area contributed by atoms with Gasteiger partial charge in [0.25, 0.3) is 0 Å². The number of carbonyl (C=O) groups excluding carboxylic acids is 1. The van der Waals surface area contributed by atoms with Crippen LogP contribution in [0.4, 0.5) is 5.95 Å². The van der Waals surface area contributed by atoms with Gasteiger partial charge in [0.1, 0.15) is 0 Å². The van der Waals surface area contributed by atoms with Crippen LogP contribution in [0.5, 0.6) is 0 Å². The summed E-state index contributed by atoms with van der Waals surface area (Å²) < 4.78 is 0. The summed E-state index contributed by atoms with van der Waals surface area (Å²) in [6.07, 6.45) is 4.23. The molecule has 1 saturated heterocycles. The maximum absolute atomic E-state index is 12.6. The van der Waals surface area contributed by atoms with E-state index in [0.717, 1.165) is 36.7 Å². The zero-order valence-corrected chi connectivity index (χ0v) is 16.0. The van der Waals surface area contributed by atoms with Crippen LogP contribution < -0.4 is 4.90 Å². The number of hydrogen-bond acceptors (Lipinski definition) is 4. The van der Waals surface area contributed by atoms with E-state index in [1.165, 1.54) is 6.42 Å². The summed E-state index contributed by atoms with van der Waals surface area (Å²) in [5.41, 5.74) is 2.67. The molecule has 1 aliphatic carbocycles. The Morgan fingerprint density at radius 1 is 1.15 bits per heavy atom. The molecule has 1 aromatic heterocycles. The highest BCUT2D eigenvalue weighted by Gasteiger charge is 2.30. The molecule has 2 aliphatic rings. The molecule has 2 heterocycles. The van der Waals surface area contributed by atoms with E-state index in [1.807, 2.05) is 24.3 Å². The fourth-order valence-corrected chi connectivity index (χ4v) is 4.61. The lowest BCUT2D eigenvalue weighted by molar-refractivity contribution is 0.0962. The van der Waals surface area contributed by atoms with Crippen molar-refractivity contribution in [1.82, 2.24) is 9.97 Å². The van der Waals surface area contributed by atoms with Crippen molar-refractivity contribution >= 4 is 23.3 Å². The molecule has 26 heavy (non-hydrogen) atoms. The zero-order valence-electron chi connectivity index (χ0n) is 15.3. The Kier molecular flexibility index (Phi) is 4.70. The molecule has 0 saturated carbocycles. The first kappa shape index (κ1) is 17.5. The lowest BCUT2D eigenvalue weighted by Crippen LogP contribution is -2.40. The number of aromatic nitrogens is 2. The third-order valence-corrected chi connectivity index (χ3v) is 5.73. The first-order valence-electron chi connectivity index (χ1n) is 9.39. The summed E-state index contributed by atoms with van der Waals surface area (Å²) in [5.74, 6) is 2.30. The molecular weight excluding hydrogens is 346 g/mol. The van der Waals surface area contributed by atoms with Gasteiger partial charge in [-0.05, 0) is 48.3 Å². The van der Waals surface area contributed by atoms with Crippen molar-refractivity contribution in [1.29, 1.82) is 0 Å². The molecule has 1 aromatic carbocycles. The van der Waals surface area contributed by atoms with Gasteiger partial charge in [0.2, 0.25) is 5.95 Å². The molecule has 0 amide bonds. The van der Waals surface area contributed by atoms with Gasteiger partial charge < -0.3 is 4.90 Å². The summed E-state index contributed by atoms with van der Waals surface area (Å²) in [4.78, 5) is 24.2. The minimum atomic E-state index is 0.128. The van der Waals surface area contributed by atoms with E-state index in [4.69, 9.17) is 16.6 Å². The van der Waals surface area contributed by atoms with Crippen LogP contribution in [-0.2, 0) is 6.42 Å². The van der Waals surface area contributed by atoms with Crippen molar-refractivity contribution in [3.05, 3.63) is 52.3 Å². The van der Waals surface area contributed by atoms with Gasteiger partial charge in [-0.25, -0.2) is 9.97 Å². The zero-order chi connectivity index (χ0) is 18.3. The van der Waals surface area contributed by atoms with Crippen LogP contribution in [-0.4, -0.2) is 28.8 Å². The van der Waals surface area contributed by atoms with Gasteiger partial charge in [-0.1, -0.05) is 37.6 Å². The second-order valence-corrected chi connectivity index (χ2v) is 8.40. The average molecular weight is 370 g/mol. The normalized spacial score (nSPS) is 25.9. The third kappa shape index (κ3) is 3.48. The van der Waals surface area contributed by atoms with Gasteiger partial charge in [0, 0.05) is 30.7 Å². The average Bonchev–Trinajstić information content (AvgIpc) is 2.60. The Labute approximate surface area is 159 Å². The molecule has 0 radical (unpaired) electrons. The molecule has 5 heteroatoms. The molecule has 0 N–H and O–H groups in total. The molecule has 0 unspecified atom stereocenters. The first-order valence-corrected chi connectivity index (χ1v) is 9.77. The quantitative estimate of drug-likeness (QED) is 0.780. The number of piperidine rings is 1. The highest BCUT2D eigenvalue weighted by molar-refractivity contribution is 6.30. The van der Waals surface area contributed by atoms with Crippen molar-refractivity contribution in [2.45, 2.75) is 39.0 Å². The van der Waals surface area contributed by atoms with Crippen molar-refractivity contribution < 1.29 is 4.79 Å². The molecule has 136 valence electrons. The van der Waals surface area contributed by atoms with Gasteiger partial charge in [-0.15, -0.1) is 0 Å². The summed E-state index contributed by atoms with van der Waals surface area (Å²) in [6, 6.07) is 7.81. The number of nitrogens with zero attached hydrogens (tertiary/aromatic N) is 3. The molecule has 4 nitrogen and oxygen atoms in total. The first-order chi connectivity index (χ1) is 12.5. The predicted octanol–water partition coefficient (Wildman–Crippen LogP) is 4.53. The number of Topliss-reactive ketones (excluding diaryl/α,β-unsaturated/α-hetero) is 1. The molecule has 0 bridgehead atoms. The number of fused-ring (bicyclic) bond motifs is 1. The van der Waals surface area contributed by atoms with Crippen LogP contribution in [0, 0.1) is 11.8 Å². The number of anilines is 1. The molecule has 1 aliphatic heterocycles. The van der Waals surface area contributed by atoms with Gasteiger partial charge >= 0.3 is 0 Å². The van der Waals surface area contributed by atoms with Crippen LogP contribution in [0.3, 0.4) is 0 Å². The smallest absolute Gasteiger partial charge is 0.225 e. The Balaban J connectivity index is 1.63. The van der Waals surface area contributed by atoms with Crippen molar-refractivity contribution in [3.63, 3.8) is 0 Å². The summed E-state index contributed by atoms with van der Waals surface area (Å²) >= 11 is 6.14. The highest BCUT2D eigenvalue weighted by atomic mass is 35.5. The standard InChI is InChI=1S/C21H24ClN3O/c1-13-6-14(2)12-25(11-13)21-23-10-18-19(24-21)8-16(9-20(18)26)15-4-3-5-17(22)7-15/h3-5,7,10,13-14,16H,6,8-9,11-12H2,1-2H3/t13-,14-,16-/m0/s1. The van der Waals surface area contributed by atoms with E-state index in [1.54, 1.807) is 6.20 Å². The van der Waals surface area contributed by atoms with Crippen LogP contribution in [0.1, 0.15) is 54.2 Å². The van der Waals surface area contributed by atoms with Gasteiger partial charge in [-0.3, -0.25) is 4.79 Å². The second-order valence-electron chi connectivity index (χ2n) is 7.96. The number of ketones is 1. The molecule has 0 spiro atoms. The van der Waals surface area contributed by atoms with E-state index in [0.29, 0.717) is 28.8 Å². The topological polar surface area (TPSA) is 46.1 Å². The number of hydrogen-bond donors (Lipinski definition) is 0. The highest BCUT2D eigenvalue weighted by Crippen LogP contribution is 2.34. The van der Waals surface area contributed by atoms with Crippen molar-refractivity contribution in [2.24, 2.45) is 11.8 Å². The minimum absolute atomic E-state index is 0.128. The summed E-state index contributed by atoms with van der Waals surface area (Å²) in [6.45, 7) is 6.52. The number of rotatable bonds is 2. The Bertz CT molecular complexity index is 828. The van der Waals surface area contributed by atoms with Crippen molar-refractivity contribution in [2.75, 3.05) is 18.0 Å². The fourth-order valence-electron chi connectivity index (χ4n) is 4.41. The van der Waals surface area contributed by atoms with Crippen LogP contribution >= 0.6 is 11.6 Å². The molecule has 1 fully saturated rings. The van der Waals surface area contributed by atoms with Crippen LogP contribution in [0.2, 0.25) is 5.02 Å². The molecule has 4 rings (SSSR count). The van der Waals surface area contributed by atoms with E-state index in [2.05, 4.69) is 23.7 Å². The van der Waals surface area contributed by atoms with Gasteiger partial charge in [-0.2, -0.15) is 0 Å². The van der Waals surface area contributed by atoms with E-state index >= 15 is 0 Å². The van der Waals surface area contributed by atoms with E-state index in [9.17, 15) is 4.79 Å². The van der Waals surface area contributed by atoms with Crippen molar-refractivity contribution in [3.8, 4) is 0 Å². The Morgan fingerprint density at radius 2 is 1.92 bits per heavy atom. The maximum atomic E-state index is 12.6.